The van der Waals surface area contributed by atoms with Crippen LogP contribution in [0.3, 0.4) is 0 Å². The monoisotopic (exact) mass is 140 g/mol. The summed E-state index contributed by atoms with van der Waals surface area (Å²) in [6.07, 6.45) is 1.38. The standard InChI is InChI=1S/C7H12N2O/c1-3-4-7(10)9(2)6-5-8/h3-4,6H2,1-2H3. The first-order valence-electron chi connectivity index (χ1n) is 3.33. The largest absolute Gasteiger partial charge is 0.332 e. The first kappa shape index (κ1) is 8.96. The van der Waals surface area contributed by atoms with Crippen LogP contribution in [0.2, 0.25) is 0 Å². The van der Waals surface area contributed by atoms with Crippen molar-refractivity contribution >= 4 is 5.91 Å². The lowest BCUT2D eigenvalue weighted by Gasteiger charge is -2.11. The third-order valence-electron chi connectivity index (χ3n) is 1.20. The van der Waals surface area contributed by atoms with E-state index in [-0.39, 0.29) is 12.5 Å². The van der Waals surface area contributed by atoms with Crippen LogP contribution in [0.4, 0.5) is 0 Å². The Bertz CT molecular complexity index is 148. The second-order valence-corrected chi connectivity index (χ2v) is 2.16. The number of hydrogen-bond acceptors (Lipinski definition) is 2. The molecular formula is C7H12N2O. The molecule has 0 spiro atoms. The van der Waals surface area contributed by atoms with E-state index in [2.05, 4.69) is 0 Å². The fourth-order valence-corrected chi connectivity index (χ4v) is 0.599. The van der Waals surface area contributed by atoms with Crippen LogP contribution in [-0.2, 0) is 4.79 Å². The van der Waals surface area contributed by atoms with E-state index in [0.29, 0.717) is 6.42 Å². The molecule has 0 aromatic carbocycles. The minimum Gasteiger partial charge on any atom is -0.332 e. The van der Waals surface area contributed by atoms with Gasteiger partial charge >= 0.3 is 0 Å². The van der Waals surface area contributed by atoms with Gasteiger partial charge in [-0.2, -0.15) is 5.26 Å². The zero-order valence-corrected chi connectivity index (χ0v) is 6.42. The van der Waals surface area contributed by atoms with E-state index < -0.39 is 0 Å². The maximum absolute atomic E-state index is 10.9. The molecule has 0 saturated carbocycles. The molecule has 0 aromatic rings. The molecule has 0 aliphatic rings. The molecule has 10 heavy (non-hydrogen) atoms. The van der Waals surface area contributed by atoms with Crippen molar-refractivity contribution in [1.29, 1.82) is 5.26 Å². The lowest BCUT2D eigenvalue weighted by molar-refractivity contribution is -0.129. The molecule has 0 atom stereocenters. The molecule has 0 aliphatic heterocycles. The van der Waals surface area contributed by atoms with Gasteiger partial charge in [0.05, 0.1) is 6.07 Å². The first-order chi connectivity index (χ1) is 4.72. The predicted molar refractivity (Wildman–Crippen MR) is 38.2 cm³/mol. The molecular weight excluding hydrogens is 128 g/mol. The van der Waals surface area contributed by atoms with E-state index in [4.69, 9.17) is 5.26 Å². The van der Waals surface area contributed by atoms with Crippen molar-refractivity contribution in [3.05, 3.63) is 0 Å². The maximum Gasteiger partial charge on any atom is 0.223 e. The SMILES string of the molecule is CCCC(=O)N(C)CC#N. The zero-order chi connectivity index (χ0) is 7.98. The van der Waals surface area contributed by atoms with Gasteiger partial charge in [0.1, 0.15) is 6.54 Å². The van der Waals surface area contributed by atoms with Gasteiger partial charge in [-0.3, -0.25) is 4.79 Å². The molecule has 3 heteroatoms. The molecule has 0 radical (unpaired) electrons. The van der Waals surface area contributed by atoms with Crippen molar-refractivity contribution in [3.8, 4) is 6.07 Å². The molecule has 0 bridgehead atoms. The second-order valence-electron chi connectivity index (χ2n) is 2.16. The summed E-state index contributed by atoms with van der Waals surface area (Å²) >= 11 is 0. The summed E-state index contributed by atoms with van der Waals surface area (Å²) in [5.41, 5.74) is 0. The third-order valence-corrected chi connectivity index (χ3v) is 1.20. The van der Waals surface area contributed by atoms with Crippen molar-refractivity contribution in [2.24, 2.45) is 0 Å². The van der Waals surface area contributed by atoms with Crippen molar-refractivity contribution in [3.63, 3.8) is 0 Å². The summed E-state index contributed by atoms with van der Waals surface area (Å²) in [5, 5.41) is 8.21. The number of carbonyl (C=O) groups is 1. The predicted octanol–water partition coefficient (Wildman–Crippen LogP) is 0.768. The lowest BCUT2D eigenvalue weighted by atomic mass is 10.3. The molecule has 0 heterocycles. The molecule has 0 rings (SSSR count). The Morgan fingerprint density at radius 2 is 2.30 bits per heavy atom. The van der Waals surface area contributed by atoms with Crippen molar-refractivity contribution < 1.29 is 4.79 Å². The van der Waals surface area contributed by atoms with Gasteiger partial charge < -0.3 is 4.90 Å². The van der Waals surface area contributed by atoms with Gasteiger partial charge in [0, 0.05) is 13.5 Å². The van der Waals surface area contributed by atoms with E-state index in [1.54, 1.807) is 7.05 Å². The van der Waals surface area contributed by atoms with Crippen LogP contribution in [0.5, 0.6) is 0 Å². The van der Waals surface area contributed by atoms with E-state index in [0.717, 1.165) is 6.42 Å². The molecule has 3 nitrogen and oxygen atoms in total. The van der Waals surface area contributed by atoms with Crippen LogP contribution in [0.1, 0.15) is 19.8 Å². The first-order valence-corrected chi connectivity index (χ1v) is 3.33. The normalized spacial score (nSPS) is 8.50. The van der Waals surface area contributed by atoms with Gasteiger partial charge in [-0.05, 0) is 6.42 Å². The molecule has 0 aliphatic carbocycles. The molecule has 56 valence electrons. The summed E-state index contributed by atoms with van der Waals surface area (Å²) in [5.74, 6) is 0.0454. The number of nitrogens with zero attached hydrogens (tertiary/aromatic N) is 2. The van der Waals surface area contributed by atoms with Gasteiger partial charge in [-0.1, -0.05) is 6.92 Å². The Hall–Kier alpha value is -1.04. The van der Waals surface area contributed by atoms with Crippen LogP contribution in [-0.4, -0.2) is 24.4 Å². The summed E-state index contributed by atoms with van der Waals surface area (Å²) in [6, 6.07) is 1.91. The average molecular weight is 140 g/mol. The van der Waals surface area contributed by atoms with Gasteiger partial charge in [0.15, 0.2) is 0 Å². The van der Waals surface area contributed by atoms with Gasteiger partial charge in [-0.15, -0.1) is 0 Å². The van der Waals surface area contributed by atoms with Crippen LogP contribution in [0.15, 0.2) is 0 Å². The minimum atomic E-state index is 0.0454. The molecule has 0 unspecified atom stereocenters. The molecule has 0 N–H and O–H groups in total. The number of amides is 1. The van der Waals surface area contributed by atoms with E-state index in [1.807, 2.05) is 13.0 Å². The van der Waals surface area contributed by atoms with Crippen LogP contribution >= 0.6 is 0 Å². The summed E-state index contributed by atoms with van der Waals surface area (Å²) in [7, 11) is 1.64. The van der Waals surface area contributed by atoms with Crippen molar-refractivity contribution in [2.45, 2.75) is 19.8 Å². The summed E-state index contributed by atoms with van der Waals surface area (Å²) in [4.78, 5) is 12.3. The number of carbonyl (C=O) groups excluding carboxylic acids is 1. The van der Waals surface area contributed by atoms with Gasteiger partial charge in [-0.25, -0.2) is 0 Å². The van der Waals surface area contributed by atoms with Crippen LogP contribution < -0.4 is 0 Å². The van der Waals surface area contributed by atoms with Gasteiger partial charge in [0.25, 0.3) is 0 Å². The number of nitriles is 1. The van der Waals surface area contributed by atoms with E-state index in [1.165, 1.54) is 4.90 Å². The molecule has 0 aromatic heterocycles. The summed E-state index contributed by atoms with van der Waals surface area (Å²) < 4.78 is 0. The van der Waals surface area contributed by atoms with E-state index in [9.17, 15) is 4.79 Å². The Morgan fingerprint density at radius 1 is 1.70 bits per heavy atom. The maximum atomic E-state index is 10.9. The van der Waals surface area contributed by atoms with Crippen LogP contribution in [0, 0.1) is 11.3 Å². The summed E-state index contributed by atoms with van der Waals surface area (Å²) in [6.45, 7) is 2.14. The Balaban J connectivity index is 3.62. The minimum absolute atomic E-state index is 0.0454. The highest BCUT2D eigenvalue weighted by Gasteiger charge is 2.04. The highest BCUT2D eigenvalue weighted by atomic mass is 16.2. The number of rotatable bonds is 3. The zero-order valence-electron chi connectivity index (χ0n) is 6.42. The third kappa shape index (κ3) is 3.08. The van der Waals surface area contributed by atoms with Gasteiger partial charge in [0.2, 0.25) is 5.91 Å². The lowest BCUT2D eigenvalue weighted by Crippen LogP contribution is -2.26. The second kappa shape index (κ2) is 4.80. The number of hydrogen-bond donors (Lipinski definition) is 0. The molecule has 1 amide bonds. The quantitative estimate of drug-likeness (QED) is 0.543. The molecule has 0 fully saturated rings. The van der Waals surface area contributed by atoms with Crippen molar-refractivity contribution in [1.82, 2.24) is 4.90 Å². The van der Waals surface area contributed by atoms with Crippen LogP contribution in [0.25, 0.3) is 0 Å². The topological polar surface area (TPSA) is 44.1 Å². The smallest absolute Gasteiger partial charge is 0.223 e. The average Bonchev–Trinajstić information content (AvgIpc) is 1.89. The van der Waals surface area contributed by atoms with Crippen molar-refractivity contribution in [2.75, 3.05) is 13.6 Å². The van der Waals surface area contributed by atoms with E-state index >= 15 is 0 Å². The Kier molecular flexibility index (Phi) is 4.30. The fourth-order valence-electron chi connectivity index (χ4n) is 0.599. The Labute approximate surface area is 61.2 Å². The molecule has 0 saturated heterocycles. The highest BCUT2D eigenvalue weighted by Crippen LogP contribution is 1.92. The highest BCUT2D eigenvalue weighted by molar-refractivity contribution is 5.75. The Morgan fingerprint density at radius 3 is 2.70 bits per heavy atom. The fraction of sp³-hybridized carbons (Fsp3) is 0.714.